The van der Waals surface area contributed by atoms with Crippen molar-refractivity contribution in [1.29, 1.82) is 0 Å². The first-order chi connectivity index (χ1) is 9.65. The van der Waals surface area contributed by atoms with Crippen LogP contribution in [0.2, 0.25) is 10.3 Å². The van der Waals surface area contributed by atoms with E-state index in [0.717, 1.165) is 12.0 Å². The summed E-state index contributed by atoms with van der Waals surface area (Å²) in [6.07, 6.45) is 4.97. The van der Waals surface area contributed by atoms with E-state index in [1.165, 1.54) is 5.56 Å². The lowest BCUT2D eigenvalue weighted by molar-refractivity contribution is 1.10. The van der Waals surface area contributed by atoms with E-state index in [1.54, 1.807) is 6.08 Å². The average molecular weight is 305 g/mol. The lowest BCUT2D eigenvalue weighted by Crippen LogP contribution is -1.97. The number of hydrogen-bond donors (Lipinski definition) is 0. The van der Waals surface area contributed by atoms with Crippen molar-refractivity contribution < 1.29 is 0 Å². The van der Waals surface area contributed by atoms with Crippen LogP contribution in [-0.2, 0) is 12.8 Å². The number of aromatic nitrogens is 2. The third kappa shape index (κ3) is 3.27. The SMILES string of the molecule is C=CCc1ccc(-c2nc(Cl)c(CC=C)c(Cl)n2)cc1. The Bertz CT molecular complexity index is 610. The van der Waals surface area contributed by atoms with Gasteiger partial charge in [0.05, 0.1) is 0 Å². The van der Waals surface area contributed by atoms with E-state index < -0.39 is 0 Å². The van der Waals surface area contributed by atoms with E-state index in [0.29, 0.717) is 28.1 Å². The Hall–Kier alpha value is -1.64. The molecule has 0 aliphatic carbocycles. The fourth-order valence-electron chi connectivity index (χ4n) is 1.83. The van der Waals surface area contributed by atoms with E-state index in [1.807, 2.05) is 30.3 Å². The van der Waals surface area contributed by atoms with Crippen LogP contribution in [-0.4, -0.2) is 9.97 Å². The van der Waals surface area contributed by atoms with Crippen molar-refractivity contribution in [2.45, 2.75) is 12.8 Å². The Morgan fingerprint density at radius 2 is 1.45 bits per heavy atom. The summed E-state index contributed by atoms with van der Waals surface area (Å²) in [7, 11) is 0. The molecule has 2 rings (SSSR count). The molecular formula is C16H14Cl2N2. The molecule has 1 aromatic carbocycles. The van der Waals surface area contributed by atoms with E-state index in [9.17, 15) is 0 Å². The van der Waals surface area contributed by atoms with Crippen LogP contribution < -0.4 is 0 Å². The predicted octanol–water partition coefficient (Wildman–Crippen LogP) is 4.91. The number of allylic oxidation sites excluding steroid dienone is 2. The van der Waals surface area contributed by atoms with Crippen molar-refractivity contribution in [2.24, 2.45) is 0 Å². The van der Waals surface area contributed by atoms with Crippen LogP contribution in [0.5, 0.6) is 0 Å². The van der Waals surface area contributed by atoms with Crippen LogP contribution >= 0.6 is 23.2 Å². The first-order valence-electron chi connectivity index (χ1n) is 6.18. The van der Waals surface area contributed by atoms with Crippen molar-refractivity contribution in [3.63, 3.8) is 0 Å². The first-order valence-corrected chi connectivity index (χ1v) is 6.94. The zero-order chi connectivity index (χ0) is 14.5. The highest BCUT2D eigenvalue weighted by molar-refractivity contribution is 6.34. The smallest absolute Gasteiger partial charge is 0.162 e. The lowest BCUT2D eigenvalue weighted by atomic mass is 10.1. The lowest BCUT2D eigenvalue weighted by Gasteiger charge is -2.07. The molecule has 0 amide bonds. The molecule has 0 unspecified atom stereocenters. The number of rotatable bonds is 5. The summed E-state index contributed by atoms with van der Waals surface area (Å²) in [6, 6.07) is 7.93. The molecule has 20 heavy (non-hydrogen) atoms. The second-order valence-electron chi connectivity index (χ2n) is 4.29. The van der Waals surface area contributed by atoms with Gasteiger partial charge < -0.3 is 0 Å². The van der Waals surface area contributed by atoms with Gasteiger partial charge in [0, 0.05) is 11.1 Å². The monoisotopic (exact) mass is 304 g/mol. The number of benzene rings is 1. The number of hydrogen-bond acceptors (Lipinski definition) is 2. The molecule has 0 atom stereocenters. The Labute approximate surface area is 128 Å². The van der Waals surface area contributed by atoms with Crippen LogP contribution in [0.15, 0.2) is 49.6 Å². The van der Waals surface area contributed by atoms with Gasteiger partial charge in [-0.15, -0.1) is 13.2 Å². The quantitative estimate of drug-likeness (QED) is 0.579. The Morgan fingerprint density at radius 3 is 1.95 bits per heavy atom. The minimum absolute atomic E-state index is 0.370. The van der Waals surface area contributed by atoms with Crippen molar-refractivity contribution in [3.8, 4) is 11.4 Å². The average Bonchev–Trinajstić information content (AvgIpc) is 2.44. The molecule has 0 saturated carbocycles. The molecule has 0 N–H and O–H groups in total. The van der Waals surface area contributed by atoms with Gasteiger partial charge in [-0.05, 0) is 18.4 Å². The summed E-state index contributed by atoms with van der Waals surface area (Å²) in [4.78, 5) is 8.60. The minimum Gasteiger partial charge on any atom is -0.216 e. The van der Waals surface area contributed by atoms with Crippen molar-refractivity contribution in [1.82, 2.24) is 9.97 Å². The number of nitrogens with zero attached hydrogens (tertiary/aromatic N) is 2. The largest absolute Gasteiger partial charge is 0.216 e. The molecule has 0 fully saturated rings. The third-order valence-corrected chi connectivity index (χ3v) is 3.47. The van der Waals surface area contributed by atoms with Crippen LogP contribution in [0.3, 0.4) is 0 Å². The van der Waals surface area contributed by atoms with E-state index in [4.69, 9.17) is 23.2 Å². The molecule has 0 aliphatic rings. The van der Waals surface area contributed by atoms with Gasteiger partial charge in [0.25, 0.3) is 0 Å². The van der Waals surface area contributed by atoms with Crippen LogP contribution in [0, 0.1) is 0 Å². The fraction of sp³-hybridized carbons (Fsp3) is 0.125. The van der Waals surface area contributed by atoms with Crippen LogP contribution in [0.1, 0.15) is 11.1 Å². The fourth-order valence-corrected chi connectivity index (χ4v) is 2.37. The van der Waals surface area contributed by atoms with Gasteiger partial charge in [0.1, 0.15) is 10.3 Å². The van der Waals surface area contributed by atoms with Crippen molar-refractivity contribution in [3.05, 3.63) is 71.0 Å². The number of halogens is 2. The molecule has 0 bridgehead atoms. The molecule has 0 saturated heterocycles. The van der Waals surface area contributed by atoms with Gasteiger partial charge in [-0.25, -0.2) is 9.97 Å². The van der Waals surface area contributed by atoms with E-state index in [2.05, 4.69) is 23.1 Å². The molecule has 0 spiro atoms. The molecule has 1 aromatic heterocycles. The standard InChI is InChI=1S/C16H14Cl2N2/c1-3-5-11-7-9-12(10-8-11)16-19-14(17)13(6-4-2)15(18)20-16/h3-4,7-10H,1-2,5-6H2. The predicted molar refractivity (Wildman–Crippen MR) is 85.3 cm³/mol. The Kier molecular flexibility index (Phi) is 4.94. The summed E-state index contributed by atoms with van der Waals surface area (Å²) in [5.74, 6) is 0.526. The summed E-state index contributed by atoms with van der Waals surface area (Å²) in [5, 5.41) is 0.741. The molecule has 0 aliphatic heterocycles. The molecule has 0 radical (unpaired) electrons. The maximum absolute atomic E-state index is 6.15. The zero-order valence-electron chi connectivity index (χ0n) is 10.9. The van der Waals surface area contributed by atoms with E-state index in [-0.39, 0.29) is 0 Å². The Morgan fingerprint density at radius 1 is 0.900 bits per heavy atom. The van der Waals surface area contributed by atoms with Gasteiger partial charge in [-0.3, -0.25) is 0 Å². The van der Waals surface area contributed by atoms with Crippen molar-refractivity contribution in [2.75, 3.05) is 0 Å². The van der Waals surface area contributed by atoms with Gasteiger partial charge >= 0.3 is 0 Å². The highest BCUT2D eigenvalue weighted by Gasteiger charge is 2.11. The highest BCUT2D eigenvalue weighted by Crippen LogP contribution is 2.26. The van der Waals surface area contributed by atoms with E-state index >= 15 is 0 Å². The van der Waals surface area contributed by atoms with Gasteiger partial charge in [-0.2, -0.15) is 0 Å². The summed E-state index contributed by atoms with van der Waals surface area (Å²) in [6.45, 7) is 7.38. The second kappa shape index (κ2) is 6.69. The normalized spacial score (nSPS) is 10.3. The summed E-state index contributed by atoms with van der Waals surface area (Å²) >= 11 is 12.3. The molecule has 1 heterocycles. The maximum atomic E-state index is 6.15. The molecule has 2 aromatic rings. The molecular weight excluding hydrogens is 291 g/mol. The topological polar surface area (TPSA) is 25.8 Å². The summed E-state index contributed by atoms with van der Waals surface area (Å²) in [5.41, 5.74) is 2.77. The van der Waals surface area contributed by atoms with Gasteiger partial charge in [0.15, 0.2) is 5.82 Å². The molecule has 2 nitrogen and oxygen atoms in total. The second-order valence-corrected chi connectivity index (χ2v) is 5.01. The van der Waals surface area contributed by atoms with Gasteiger partial charge in [0.2, 0.25) is 0 Å². The third-order valence-electron chi connectivity index (χ3n) is 2.85. The zero-order valence-corrected chi connectivity index (χ0v) is 12.5. The van der Waals surface area contributed by atoms with Crippen LogP contribution in [0.4, 0.5) is 0 Å². The van der Waals surface area contributed by atoms with Gasteiger partial charge in [-0.1, -0.05) is 59.6 Å². The molecule has 102 valence electrons. The minimum atomic E-state index is 0.370. The molecule has 4 heteroatoms. The first kappa shape index (κ1) is 14.8. The van der Waals surface area contributed by atoms with Crippen molar-refractivity contribution >= 4 is 23.2 Å². The Balaban J connectivity index is 2.37. The van der Waals surface area contributed by atoms with Crippen LogP contribution in [0.25, 0.3) is 11.4 Å². The maximum Gasteiger partial charge on any atom is 0.162 e. The highest BCUT2D eigenvalue weighted by atomic mass is 35.5. The summed E-state index contributed by atoms with van der Waals surface area (Å²) < 4.78 is 0.